The van der Waals surface area contributed by atoms with E-state index in [1.807, 2.05) is 31.2 Å². The van der Waals surface area contributed by atoms with Gasteiger partial charge in [0.25, 0.3) is 0 Å². The molecule has 1 amide bonds. The molecule has 0 N–H and O–H groups in total. The van der Waals surface area contributed by atoms with Crippen LogP contribution in [0.2, 0.25) is 0 Å². The predicted molar refractivity (Wildman–Crippen MR) is 109 cm³/mol. The number of aryl methyl sites for hydroxylation is 1. The van der Waals surface area contributed by atoms with Crippen molar-refractivity contribution in [3.05, 3.63) is 65.2 Å². The van der Waals surface area contributed by atoms with Crippen LogP contribution in [0.5, 0.6) is 5.75 Å². The number of rotatable bonds is 5. The van der Waals surface area contributed by atoms with E-state index in [0.717, 1.165) is 36.6 Å². The molecule has 0 saturated heterocycles. The van der Waals surface area contributed by atoms with Gasteiger partial charge in [0, 0.05) is 30.0 Å². The zero-order valence-electron chi connectivity index (χ0n) is 16.9. The van der Waals surface area contributed by atoms with Crippen molar-refractivity contribution in [3.8, 4) is 5.75 Å². The Labute approximate surface area is 174 Å². The Morgan fingerprint density at radius 2 is 1.90 bits per heavy atom. The number of hydrogen-bond acceptors (Lipinski definition) is 3. The number of carbonyl (C=O) groups excluding carboxylic acids is 1. The Kier molecular flexibility index (Phi) is 4.60. The summed E-state index contributed by atoms with van der Waals surface area (Å²) in [5.74, 6) is -0.208. The number of halogens is 2. The molecule has 2 unspecified atom stereocenters. The van der Waals surface area contributed by atoms with E-state index in [1.165, 1.54) is 17.1 Å². The summed E-state index contributed by atoms with van der Waals surface area (Å²) in [6.45, 7) is 2.64. The molecule has 3 aliphatic carbocycles. The first-order chi connectivity index (χ1) is 14.4. The molecule has 4 aliphatic rings. The average molecular weight is 410 g/mol. The lowest BCUT2D eigenvalue weighted by Crippen LogP contribution is -2.36. The van der Waals surface area contributed by atoms with Gasteiger partial charge >= 0.3 is 0 Å². The smallest absolute Gasteiger partial charge is 0.246 e. The highest BCUT2D eigenvalue weighted by molar-refractivity contribution is 5.83. The second-order valence-corrected chi connectivity index (χ2v) is 8.97. The quantitative estimate of drug-likeness (QED) is 0.694. The summed E-state index contributed by atoms with van der Waals surface area (Å²) in [4.78, 5) is 13.3. The number of carbonyl (C=O) groups is 1. The zero-order chi connectivity index (χ0) is 20.9. The highest BCUT2D eigenvalue weighted by atomic mass is 19.1. The summed E-state index contributed by atoms with van der Waals surface area (Å²) in [6.07, 6.45) is 4.85. The van der Waals surface area contributed by atoms with Gasteiger partial charge in [-0.2, -0.15) is 5.10 Å². The van der Waals surface area contributed by atoms with Gasteiger partial charge < -0.3 is 4.74 Å². The lowest BCUT2D eigenvalue weighted by atomic mass is 9.70. The number of hydrogen-bond donors (Lipinski definition) is 0. The lowest BCUT2D eigenvalue weighted by Gasteiger charge is -2.38. The topological polar surface area (TPSA) is 41.9 Å². The van der Waals surface area contributed by atoms with Crippen LogP contribution in [0.25, 0.3) is 0 Å². The fourth-order valence-electron chi connectivity index (χ4n) is 5.39. The average Bonchev–Trinajstić information content (AvgIpc) is 3.39. The van der Waals surface area contributed by atoms with Crippen molar-refractivity contribution in [2.24, 2.45) is 22.4 Å². The molecule has 0 aromatic heterocycles. The van der Waals surface area contributed by atoms with Crippen LogP contribution in [0.15, 0.2) is 47.6 Å². The van der Waals surface area contributed by atoms with Gasteiger partial charge in [0.15, 0.2) is 0 Å². The van der Waals surface area contributed by atoms with Crippen molar-refractivity contribution in [2.45, 2.75) is 38.6 Å². The maximum absolute atomic E-state index is 13.7. The van der Waals surface area contributed by atoms with Crippen LogP contribution in [0.4, 0.5) is 8.78 Å². The van der Waals surface area contributed by atoms with Crippen molar-refractivity contribution in [3.63, 3.8) is 0 Å². The highest BCUT2D eigenvalue weighted by Gasteiger charge is 2.59. The third-order valence-electron chi connectivity index (χ3n) is 6.88. The fraction of sp³-hybridized carbons (Fsp3) is 0.417. The summed E-state index contributed by atoms with van der Waals surface area (Å²) in [5.41, 5.74) is 1.59. The van der Waals surface area contributed by atoms with E-state index in [2.05, 4.69) is 5.10 Å². The summed E-state index contributed by atoms with van der Waals surface area (Å²) >= 11 is 0. The maximum atomic E-state index is 13.7. The van der Waals surface area contributed by atoms with E-state index in [4.69, 9.17) is 4.74 Å². The summed E-state index contributed by atoms with van der Waals surface area (Å²) in [5, 5.41) is 5.70. The first-order valence-electron chi connectivity index (χ1n) is 10.4. The van der Waals surface area contributed by atoms with Crippen molar-refractivity contribution >= 4 is 12.1 Å². The highest BCUT2D eigenvalue weighted by Crippen LogP contribution is 2.62. The standard InChI is InChI=1S/C24H24F2N2O2/c1-15-4-2-3-5-22(15)30-14-24-11-17(12-24)20(13-24)23(29)28-21(6-7-27-28)16-8-18(25)10-19(26)9-16/h2-5,7-10,17,20-21H,6,11-14H2,1H3. The van der Waals surface area contributed by atoms with Gasteiger partial charge in [0.05, 0.1) is 12.6 Å². The van der Waals surface area contributed by atoms with E-state index >= 15 is 0 Å². The molecule has 0 spiro atoms. The SMILES string of the molecule is Cc1ccccc1OCC12CC(C1)C(C(=O)N1N=CCC1c1cc(F)cc(F)c1)C2. The minimum atomic E-state index is -0.639. The van der Waals surface area contributed by atoms with Crippen LogP contribution in [0.1, 0.15) is 42.9 Å². The number of para-hydroxylation sites is 1. The number of ether oxygens (including phenoxy) is 1. The predicted octanol–water partition coefficient (Wildman–Crippen LogP) is 5.03. The number of benzene rings is 2. The molecule has 1 heterocycles. The molecule has 0 radical (unpaired) electrons. The molecule has 6 heteroatoms. The van der Waals surface area contributed by atoms with E-state index in [0.29, 0.717) is 24.5 Å². The third kappa shape index (κ3) is 3.28. The molecule has 3 saturated carbocycles. The van der Waals surface area contributed by atoms with Gasteiger partial charge in [-0.15, -0.1) is 0 Å². The van der Waals surface area contributed by atoms with Gasteiger partial charge in [-0.3, -0.25) is 4.79 Å². The van der Waals surface area contributed by atoms with E-state index in [-0.39, 0.29) is 17.2 Å². The summed E-state index contributed by atoms with van der Waals surface area (Å²) < 4.78 is 33.5. The molecule has 1 aliphatic heterocycles. The number of fused-ring (bicyclic) bond motifs is 1. The molecular formula is C24H24F2N2O2. The number of amides is 1. The van der Waals surface area contributed by atoms with Crippen molar-refractivity contribution in [1.82, 2.24) is 5.01 Å². The van der Waals surface area contributed by atoms with Crippen molar-refractivity contribution < 1.29 is 18.3 Å². The second-order valence-electron chi connectivity index (χ2n) is 8.97. The molecule has 2 bridgehead atoms. The molecule has 2 aromatic rings. The third-order valence-corrected chi connectivity index (χ3v) is 6.88. The zero-order valence-corrected chi connectivity index (χ0v) is 16.9. The largest absolute Gasteiger partial charge is 0.493 e. The molecule has 3 fully saturated rings. The molecule has 30 heavy (non-hydrogen) atoms. The Morgan fingerprint density at radius 3 is 2.63 bits per heavy atom. The Bertz CT molecular complexity index is 996. The normalized spacial score (nSPS) is 29.2. The molecule has 4 nitrogen and oxygen atoms in total. The minimum Gasteiger partial charge on any atom is -0.493 e. The lowest BCUT2D eigenvalue weighted by molar-refractivity contribution is -0.138. The molecule has 2 aromatic carbocycles. The number of nitrogens with zero attached hydrogens (tertiary/aromatic N) is 2. The molecular weight excluding hydrogens is 386 g/mol. The van der Waals surface area contributed by atoms with Gasteiger partial charge in [-0.25, -0.2) is 13.8 Å². The van der Waals surface area contributed by atoms with Crippen LogP contribution in [-0.2, 0) is 4.79 Å². The van der Waals surface area contributed by atoms with Crippen LogP contribution in [-0.4, -0.2) is 23.7 Å². The van der Waals surface area contributed by atoms with E-state index in [9.17, 15) is 13.6 Å². The van der Waals surface area contributed by atoms with Gasteiger partial charge in [0.1, 0.15) is 17.4 Å². The molecule has 156 valence electrons. The van der Waals surface area contributed by atoms with Crippen molar-refractivity contribution in [1.29, 1.82) is 0 Å². The minimum absolute atomic E-state index is 0.0389. The first kappa shape index (κ1) is 19.2. The Hall–Kier alpha value is -2.76. The monoisotopic (exact) mass is 410 g/mol. The Balaban J connectivity index is 1.27. The molecule has 2 atom stereocenters. The second kappa shape index (κ2) is 7.18. The van der Waals surface area contributed by atoms with Crippen LogP contribution >= 0.6 is 0 Å². The fourth-order valence-corrected chi connectivity index (χ4v) is 5.39. The van der Waals surface area contributed by atoms with Gasteiger partial charge in [0.2, 0.25) is 5.91 Å². The van der Waals surface area contributed by atoms with Gasteiger partial charge in [-0.1, -0.05) is 18.2 Å². The number of hydrazone groups is 1. The van der Waals surface area contributed by atoms with Gasteiger partial charge in [-0.05, 0) is 61.4 Å². The first-order valence-corrected chi connectivity index (χ1v) is 10.4. The van der Waals surface area contributed by atoms with Crippen LogP contribution in [0, 0.1) is 35.8 Å². The van der Waals surface area contributed by atoms with Crippen LogP contribution in [0.3, 0.4) is 0 Å². The maximum Gasteiger partial charge on any atom is 0.246 e. The van der Waals surface area contributed by atoms with E-state index < -0.39 is 17.7 Å². The van der Waals surface area contributed by atoms with E-state index in [1.54, 1.807) is 6.21 Å². The van der Waals surface area contributed by atoms with Crippen molar-refractivity contribution in [2.75, 3.05) is 6.61 Å². The Morgan fingerprint density at radius 1 is 1.17 bits per heavy atom. The summed E-state index contributed by atoms with van der Waals surface area (Å²) in [6, 6.07) is 10.9. The van der Waals surface area contributed by atoms with Crippen LogP contribution < -0.4 is 4.74 Å². The summed E-state index contributed by atoms with van der Waals surface area (Å²) in [7, 11) is 0. The molecule has 6 rings (SSSR count).